The van der Waals surface area contributed by atoms with E-state index in [4.69, 9.17) is 0 Å². The number of nitrogens with one attached hydrogen (secondary N) is 1. The number of hydrogen-bond acceptors (Lipinski definition) is 3. The van der Waals surface area contributed by atoms with Gasteiger partial charge in [0.1, 0.15) is 0 Å². The molecule has 108 valence electrons. The maximum absolute atomic E-state index is 9.60. The molecule has 0 saturated heterocycles. The van der Waals surface area contributed by atoms with Crippen molar-refractivity contribution >= 4 is 0 Å². The molecule has 1 unspecified atom stereocenters. The maximum atomic E-state index is 9.60. The number of benzene rings is 1. The number of aryl methyl sites for hydroxylation is 2. The van der Waals surface area contributed by atoms with Crippen molar-refractivity contribution in [2.45, 2.75) is 33.7 Å². The molecule has 0 heterocycles. The Morgan fingerprint density at radius 3 is 2.47 bits per heavy atom. The standard InChI is InChI=1S/C16H28N2O/c1-5-18(6-2)10-9-17-16(12-19)15-11-13(3)7-8-14(15)4/h7-8,11,16-17,19H,5-6,9-10,12H2,1-4H3. The van der Waals surface area contributed by atoms with Gasteiger partial charge < -0.3 is 15.3 Å². The molecular formula is C16H28N2O. The lowest BCUT2D eigenvalue weighted by atomic mass is 9.99. The Hall–Kier alpha value is -0.900. The van der Waals surface area contributed by atoms with Gasteiger partial charge in [0.05, 0.1) is 12.6 Å². The number of aliphatic hydroxyl groups is 1. The average Bonchev–Trinajstić information content (AvgIpc) is 2.42. The highest BCUT2D eigenvalue weighted by Crippen LogP contribution is 2.18. The zero-order valence-electron chi connectivity index (χ0n) is 12.7. The number of likely N-dealkylation sites (N-methyl/N-ethyl adjacent to an activating group) is 1. The summed E-state index contributed by atoms with van der Waals surface area (Å²) in [6, 6.07) is 6.44. The molecule has 3 nitrogen and oxygen atoms in total. The zero-order chi connectivity index (χ0) is 14.3. The van der Waals surface area contributed by atoms with Crippen LogP contribution in [0.4, 0.5) is 0 Å². The van der Waals surface area contributed by atoms with Gasteiger partial charge in [0, 0.05) is 13.1 Å². The summed E-state index contributed by atoms with van der Waals surface area (Å²) in [7, 11) is 0. The molecule has 19 heavy (non-hydrogen) atoms. The van der Waals surface area contributed by atoms with Gasteiger partial charge >= 0.3 is 0 Å². The Bertz CT molecular complexity index is 375. The third-order valence-electron chi connectivity index (χ3n) is 3.71. The lowest BCUT2D eigenvalue weighted by Crippen LogP contribution is -2.35. The van der Waals surface area contributed by atoms with E-state index in [1.807, 2.05) is 0 Å². The first-order valence-corrected chi connectivity index (χ1v) is 7.26. The molecule has 0 aliphatic carbocycles. The highest BCUT2D eigenvalue weighted by atomic mass is 16.3. The van der Waals surface area contributed by atoms with Crippen LogP contribution in [-0.2, 0) is 0 Å². The summed E-state index contributed by atoms with van der Waals surface area (Å²) in [5, 5.41) is 13.1. The lowest BCUT2D eigenvalue weighted by Gasteiger charge is -2.23. The SMILES string of the molecule is CCN(CC)CCNC(CO)c1cc(C)ccc1C. The molecule has 1 aromatic rings. The molecule has 0 aliphatic heterocycles. The molecule has 3 heteroatoms. The van der Waals surface area contributed by atoms with Crippen LogP contribution in [0.25, 0.3) is 0 Å². The van der Waals surface area contributed by atoms with Gasteiger partial charge in [-0.25, -0.2) is 0 Å². The third-order valence-corrected chi connectivity index (χ3v) is 3.71. The molecule has 0 bridgehead atoms. The van der Waals surface area contributed by atoms with E-state index >= 15 is 0 Å². The minimum absolute atomic E-state index is 0.0375. The van der Waals surface area contributed by atoms with Crippen molar-refractivity contribution in [3.05, 3.63) is 34.9 Å². The van der Waals surface area contributed by atoms with Crippen LogP contribution < -0.4 is 5.32 Å². The Balaban J connectivity index is 2.60. The first-order chi connectivity index (χ1) is 9.12. The van der Waals surface area contributed by atoms with Gasteiger partial charge in [-0.15, -0.1) is 0 Å². The minimum atomic E-state index is 0.0375. The van der Waals surface area contributed by atoms with Crippen LogP contribution in [0.5, 0.6) is 0 Å². The fourth-order valence-electron chi connectivity index (χ4n) is 2.34. The second-order valence-corrected chi connectivity index (χ2v) is 5.08. The van der Waals surface area contributed by atoms with E-state index in [0.717, 1.165) is 26.2 Å². The van der Waals surface area contributed by atoms with Gasteiger partial charge in [0.15, 0.2) is 0 Å². The van der Waals surface area contributed by atoms with Gasteiger partial charge in [-0.2, -0.15) is 0 Å². The monoisotopic (exact) mass is 264 g/mol. The number of nitrogens with zero attached hydrogens (tertiary/aromatic N) is 1. The van der Waals surface area contributed by atoms with Crippen LogP contribution in [0.3, 0.4) is 0 Å². The summed E-state index contributed by atoms with van der Waals surface area (Å²) in [5.41, 5.74) is 3.69. The predicted octanol–water partition coefficient (Wildman–Crippen LogP) is 2.27. The van der Waals surface area contributed by atoms with Crippen molar-refractivity contribution in [1.82, 2.24) is 10.2 Å². The van der Waals surface area contributed by atoms with Gasteiger partial charge in [-0.3, -0.25) is 0 Å². The van der Waals surface area contributed by atoms with E-state index in [-0.39, 0.29) is 12.6 Å². The minimum Gasteiger partial charge on any atom is -0.394 e. The Labute approximate surface area is 117 Å². The molecule has 0 radical (unpaired) electrons. The molecule has 1 atom stereocenters. The first kappa shape index (κ1) is 16.2. The maximum Gasteiger partial charge on any atom is 0.0626 e. The Kier molecular flexibility index (Phi) is 7.06. The van der Waals surface area contributed by atoms with E-state index in [1.165, 1.54) is 16.7 Å². The van der Waals surface area contributed by atoms with Crippen molar-refractivity contribution in [3.63, 3.8) is 0 Å². The summed E-state index contributed by atoms with van der Waals surface area (Å²) < 4.78 is 0. The second-order valence-electron chi connectivity index (χ2n) is 5.08. The van der Waals surface area contributed by atoms with E-state index in [1.54, 1.807) is 0 Å². The highest BCUT2D eigenvalue weighted by molar-refractivity contribution is 5.33. The molecule has 0 amide bonds. The summed E-state index contributed by atoms with van der Waals surface area (Å²) in [4.78, 5) is 2.38. The molecule has 1 aromatic carbocycles. The molecule has 0 aliphatic rings. The number of rotatable bonds is 8. The van der Waals surface area contributed by atoms with Crippen molar-refractivity contribution in [2.75, 3.05) is 32.8 Å². The lowest BCUT2D eigenvalue weighted by molar-refractivity contribution is 0.233. The average molecular weight is 264 g/mol. The third kappa shape index (κ3) is 4.94. The topological polar surface area (TPSA) is 35.5 Å². The van der Waals surface area contributed by atoms with Crippen LogP contribution in [0, 0.1) is 13.8 Å². The van der Waals surface area contributed by atoms with E-state index < -0.39 is 0 Å². The van der Waals surface area contributed by atoms with Crippen molar-refractivity contribution in [2.24, 2.45) is 0 Å². The van der Waals surface area contributed by atoms with E-state index in [2.05, 4.69) is 56.1 Å². The molecule has 0 aromatic heterocycles. The smallest absolute Gasteiger partial charge is 0.0626 e. The predicted molar refractivity (Wildman–Crippen MR) is 81.5 cm³/mol. The number of hydrogen-bond donors (Lipinski definition) is 2. The zero-order valence-corrected chi connectivity index (χ0v) is 12.7. The molecule has 0 saturated carbocycles. The summed E-state index contributed by atoms with van der Waals surface area (Å²) in [5.74, 6) is 0. The summed E-state index contributed by atoms with van der Waals surface area (Å²) >= 11 is 0. The summed E-state index contributed by atoms with van der Waals surface area (Å²) in [6.07, 6.45) is 0. The normalized spacial score (nSPS) is 12.9. The van der Waals surface area contributed by atoms with Crippen LogP contribution in [0.15, 0.2) is 18.2 Å². The quantitative estimate of drug-likeness (QED) is 0.756. The van der Waals surface area contributed by atoms with Crippen molar-refractivity contribution in [3.8, 4) is 0 Å². The number of aliphatic hydroxyl groups excluding tert-OH is 1. The van der Waals surface area contributed by atoms with Crippen molar-refractivity contribution in [1.29, 1.82) is 0 Å². The van der Waals surface area contributed by atoms with E-state index in [9.17, 15) is 5.11 Å². The van der Waals surface area contributed by atoms with Crippen LogP contribution in [0.2, 0.25) is 0 Å². The largest absolute Gasteiger partial charge is 0.394 e. The van der Waals surface area contributed by atoms with Crippen molar-refractivity contribution < 1.29 is 5.11 Å². The second kappa shape index (κ2) is 8.31. The van der Waals surface area contributed by atoms with Crippen LogP contribution >= 0.6 is 0 Å². The fourth-order valence-corrected chi connectivity index (χ4v) is 2.34. The van der Waals surface area contributed by atoms with Gasteiger partial charge in [0.2, 0.25) is 0 Å². The van der Waals surface area contributed by atoms with Gasteiger partial charge in [-0.05, 0) is 38.1 Å². The first-order valence-electron chi connectivity index (χ1n) is 7.26. The summed E-state index contributed by atoms with van der Waals surface area (Å²) in [6.45, 7) is 12.8. The van der Waals surface area contributed by atoms with Gasteiger partial charge in [0.25, 0.3) is 0 Å². The molecule has 0 spiro atoms. The van der Waals surface area contributed by atoms with Crippen LogP contribution in [-0.4, -0.2) is 42.8 Å². The fraction of sp³-hybridized carbons (Fsp3) is 0.625. The molecule has 1 rings (SSSR count). The molecule has 2 N–H and O–H groups in total. The molecular weight excluding hydrogens is 236 g/mol. The Morgan fingerprint density at radius 1 is 1.21 bits per heavy atom. The highest BCUT2D eigenvalue weighted by Gasteiger charge is 2.12. The van der Waals surface area contributed by atoms with Gasteiger partial charge in [-0.1, -0.05) is 37.6 Å². The van der Waals surface area contributed by atoms with Crippen LogP contribution in [0.1, 0.15) is 36.6 Å². The molecule has 0 fully saturated rings. The Morgan fingerprint density at radius 2 is 1.89 bits per heavy atom. The van der Waals surface area contributed by atoms with E-state index in [0.29, 0.717) is 0 Å².